The molecule has 1 heterocycles. The van der Waals surface area contributed by atoms with Crippen LogP contribution in [-0.2, 0) is 12.8 Å². The van der Waals surface area contributed by atoms with Crippen molar-refractivity contribution in [3.63, 3.8) is 0 Å². The number of thiophene rings is 1. The van der Waals surface area contributed by atoms with Crippen molar-refractivity contribution < 1.29 is 4.79 Å². The maximum Gasteiger partial charge on any atom is 0.265 e. The molecule has 0 fully saturated rings. The van der Waals surface area contributed by atoms with E-state index in [1.54, 1.807) is 24.3 Å². The number of hydrogen-bond donors (Lipinski definition) is 1. The van der Waals surface area contributed by atoms with E-state index in [9.17, 15) is 4.79 Å². The largest absolute Gasteiger partial charge is 0.321 e. The first kappa shape index (κ1) is 14.7. The van der Waals surface area contributed by atoms with E-state index in [0.717, 1.165) is 12.8 Å². The second kappa shape index (κ2) is 5.95. The smallest absolute Gasteiger partial charge is 0.265 e. The minimum Gasteiger partial charge on any atom is -0.321 e. The molecule has 0 aliphatic heterocycles. The number of benzene rings is 2. The average Bonchev–Trinajstić information content (AvgIpc) is 3.07. The highest BCUT2D eigenvalue weighted by molar-refractivity contribution is 7.17. The average molecular weight is 330 g/mol. The molecule has 0 spiro atoms. The van der Waals surface area contributed by atoms with Gasteiger partial charge in [0, 0.05) is 10.6 Å². The molecule has 0 saturated heterocycles. The van der Waals surface area contributed by atoms with Crippen LogP contribution >= 0.6 is 11.3 Å². The van der Waals surface area contributed by atoms with E-state index >= 15 is 0 Å². The molecule has 0 unspecified atom stereocenters. The van der Waals surface area contributed by atoms with Crippen molar-refractivity contribution in [1.82, 2.24) is 0 Å². The molecule has 0 atom stereocenters. The molecule has 0 radical (unpaired) electrons. The van der Waals surface area contributed by atoms with Gasteiger partial charge in [-0.2, -0.15) is 5.26 Å². The molecule has 3 aromatic rings. The highest BCUT2D eigenvalue weighted by Gasteiger charge is 2.21. The predicted octanol–water partition coefficient (Wildman–Crippen LogP) is 4.64. The van der Waals surface area contributed by atoms with E-state index in [0.29, 0.717) is 16.1 Å². The first-order chi connectivity index (χ1) is 11.7. The normalized spacial score (nSPS) is 12.0. The summed E-state index contributed by atoms with van der Waals surface area (Å²) in [6, 6.07) is 19.4. The summed E-state index contributed by atoms with van der Waals surface area (Å²) >= 11 is 1.54. The molecule has 116 valence electrons. The molecule has 0 saturated carbocycles. The number of nitrogens with one attached hydrogen (secondary N) is 1. The topological polar surface area (TPSA) is 52.9 Å². The third kappa shape index (κ3) is 2.60. The molecule has 3 nitrogen and oxygen atoms in total. The van der Waals surface area contributed by atoms with Crippen molar-refractivity contribution in [3.8, 4) is 16.5 Å². The summed E-state index contributed by atoms with van der Waals surface area (Å²) in [7, 11) is 0. The number of carbonyl (C=O) groups excluding carboxylic acids is 1. The van der Waals surface area contributed by atoms with Crippen LogP contribution in [0.15, 0.2) is 54.6 Å². The first-order valence-electron chi connectivity index (χ1n) is 7.77. The third-order valence-electron chi connectivity index (χ3n) is 4.21. The van der Waals surface area contributed by atoms with Gasteiger partial charge in [-0.1, -0.05) is 30.3 Å². The Bertz CT molecular complexity index is 981. The number of anilines is 1. The summed E-state index contributed by atoms with van der Waals surface area (Å²) in [4.78, 5) is 14.5. The fraction of sp³-hybridized carbons (Fsp3) is 0.100. The Hall–Kier alpha value is -2.90. The quantitative estimate of drug-likeness (QED) is 0.744. The molecule has 24 heavy (non-hydrogen) atoms. The van der Waals surface area contributed by atoms with Crippen LogP contribution in [0.3, 0.4) is 0 Å². The van der Waals surface area contributed by atoms with Gasteiger partial charge in [-0.25, -0.2) is 0 Å². The number of nitriles is 1. The van der Waals surface area contributed by atoms with Gasteiger partial charge in [0.1, 0.15) is 0 Å². The molecular formula is C20H14N2OS. The van der Waals surface area contributed by atoms with Crippen LogP contribution in [0.2, 0.25) is 0 Å². The van der Waals surface area contributed by atoms with Gasteiger partial charge in [0.25, 0.3) is 5.91 Å². The zero-order chi connectivity index (χ0) is 16.5. The zero-order valence-corrected chi connectivity index (χ0v) is 13.7. The SMILES string of the molecule is N#Cc1cccc(NC(=O)c2cc3c(s2)-c2ccccc2CC3)c1. The highest BCUT2D eigenvalue weighted by atomic mass is 32.1. The van der Waals surface area contributed by atoms with E-state index in [2.05, 4.69) is 29.6 Å². The second-order valence-corrected chi connectivity index (χ2v) is 6.82. The van der Waals surface area contributed by atoms with E-state index in [4.69, 9.17) is 5.26 Å². The molecule has 1 aliphatic carbocycles. The molecular weight excluding hydrogens is 316 g/mol. The van der Waals surface area contributed by atoms with Crippen LogP contribution in [0.1, 0.15) is 26.4 Å². The Kier molecular flexibility index (Phi) is 3.64. The number of aryl methyl sites for hydroxylation is 2. The van der Waals surface area contributed by atoms with Crippen molar-refractivity contribution in [3.05, 3.63) is 76.2 Å². The van der Waals surface area contributed by atoms with Gasteiger partial charge < -0.3 is 5.32 Å². The lowest BCUT2D eigenvalue weighted by atomic mass is 9.91. The van der Waals surface area contributed by atoms with Crippen LogP contribution in [-0.4, -0.2) is 5.91 Å². The third-order valence-corrected chi connectivity index (χ3v) is 5.42. The number of hydrogen-bond acceptors (Lipinski definition) is 3. The van der Waals surface area contributed by atoms with Crippen LogP contribution < -0.4 is 5.32 Å². The monoisotopic (exact) mass is 330 g/mol. The Morgan fingerprint density at radius 3 is 2.75 bits per heavy atom. The van der Waals surface area contributed by atoms with Gasteiger partial charge in [-0.05, 0) is 53.8 Å². The minimum atomic E-state index is -0.123. The van der Waals surface area contributed by atoms with Crippen LogP contribution in [0.5, 0.6) is 0 Å². The van der Waals surface area contributed by atoms with Gasteiger partial charge in [0.05, 0.1) is 16.5 Å². The number of fused-ring (bicyclic) bond motifs is 3. The molecule has 1 aliphatic rings. The molecule has 0 bridgehead atoms. The standard InChI is InChI=1S/C20H14N2OS/c21-12-13-4-3-6-16(10-13)22-20(23)18-11-15-9-8-14-5-1-2-7-17(14)19(15)24-18/h1-7,10-11H,8-9H2,(H,22,23). The summed E-state index contributed by atoms with van der Waals surface area (Å²) < 4.78 is 0. The highest BCUT2D eigenvalue weighted by Crippen LogP contribution is 2.39. The van der Waals surface area contributed by atoms with E-state index in [1.165, 1.54) is 32.9 Å². The maximum atomic E-state index is 12.6. The number of nitrogens with zero attached hydrogens (tertiary/aromatic N) is 1. The van der Waals surface area contributed by atoms with E-state index in [1.807, 2.05) is 12.1 Å². The van der Waals surface area contributed by atoms with Crippen LogP contribution in [0, 0.1) is 11.3 Å². The van der Waals surface area contributed by atoms with Gasteiger partial charge in [0.15, 0.2) is 0 Å². The molecule has 2 aromatic carbocycles. The Morgan fingerprint density at radius 2 is 1.88 bits per heavy atom. The van der Waals surface area contributed by atoms with Crippen molar-refractivity contribution >= 4 is 22.9 Å². The Labute approximate surface area is 144 Å². The van der Waals surface area contributed by atoms with Gasteiger partial charge >= 0.3 is 0 Å². The lowest BCUT2D eigenvalue weighted by Crippen LogP contribution is -2.10. The molecule has 4 heteroatoms. The summed E-state index contributed by atoms with van der Waals surface area (Å²) in [5, 5.41) is 11.8. The zero-order valence-electron chi connectivity index (χ0n) is 12.9. The van der Waals surface area contributed by atoms with Crippen molar-refractivity contribution in [2.24, 2.45) is 0 Å². The van der Waals surface area contributed by atoms with Crippen molar-refractivity contribution in [2.45, 2.75) is 12.8 Å². The summed E-state index contributed by atoms with van der Waals surface area (Å²) in [5.74, 6) is -0.123. The molecule has 1 amide bonds. The summed E-state index contributed by atoms with van der Waals surface area (Å²) in [6.07, 6.45) is 1.99. The minimum absolute atomic E-state index is 0.123. The number of rotatable bonds is 2. The van der Waals surface area contributed by atoms with Crippen LogP contribution in [0.4, 0.5) is 5.69 Å². The lowest BCUT2D eigenvalue weighted by molar-refractivity contribution is 0.103. The van der Waals surface area contributed by atoms with Crippen molar-refractivity contribution in [1.29, 1.82) is 5.26 Å². The maximum absolute atomic E-state index is 12.6. The lowest BCUT2D eigenvalue weighted by Gasteiger charge is -2.15. The predicted molar refractivity (Wildman–Crippen MR) is 96.3 cm³/mol. The fourth-order valence-electron chi connectivity index (χ4n) is 3.04. The fourth-order valence-corrected chi connectivity index (χ4v) is 4.21. The van der Waals surface area contributed by atoms with Gasteiger partial charge in [0.2, 0.25) is 0 Å². The van der Waals surface area contributed by atoms with Gasteiger partial charge in [-0.15, -0.1) is 11.3 Å². The molecule has 4 rings (SSSR count). The Balaban J connectivity index is 1.63. The van der Waals surface area contributed by atoms with E-state index < -0.39 is 0 Å². The van der Waals surface area contributed by atoms with E-state index in [-0.39, 0.29) is 5.91 Å². The molecule has 1 aromatic heterocycles. The number of carbonyl (C=O) groups is 1. The number of amides is 1. The van der Waals surface area contributed by atoms with Gasteiger partial charge in [-0.3, -0.25) is 4.79 Å². The van der Waals surface area contributed by atoms with Crippen LogP contribution in [0.25, 0.3) is 10.4 Å². The Morgan fingerprint density at radius 1 is 1.04 bits per heavy atom. The molecule has 1 N–H and O–H groups in total. The first-order valence-corrected chi connectivity index (χ1v) is 8.59. The summed E-state index contributed by atoms with van der Waals surface area (Å²) in [6.45, 7) is 0. The second-order valence-electron chi connectivity index (χ2n) is 5.77. The summed E-state index contributed by atoms with van der Waals surface area (Å²) in [5.41, 5.74) is 5.02. The van der Waals surface area contributed by atoms with Crippen molar-refractivity contribution in [2.75, 3.05) is 5.32 Å².